The second-order valence-electron chi connectivity index (χ2n) is 5.74. The lowest BCUT2D eigenvalue weighted by molar-refractivity contribution is 0.137. The SMILES string of the molecule is OC(c1ccc(OC2CCCC2)cc1)C1CCCN1. The quantitative estimate of drug-likeness (QED) is 0.875. The molecule has 1 saturated carbocycles. The highest BCUT2D eigenvalue weighted by Gasteiger charge is 2.24. The Kier molecular flexibility index (Phi) is 4.04. The largest absolute Gasteiger partial charge is 0.490 e. The average Bonchev–Trinajstić information content (AvgIpc) is 3.12. The van der Waals surface area contributed by atoms with Crippen molar-refractivity contribution < 1.29 is 9.84 Å². The van der Waals surface area contributed by atoms with Gasteiger partial charge in [-0.3, -0.25) is 0 Å². The summed E-state index contributed by atoms with van der Waals surface area (Å²) in [6.45, 7) is 1.02. The van der Waals surface area contributed by atoms with Crippen LogP contribution < -0.4 is 10.1 Å². The number of hydrogen-bond donors (Lipinski definition) is 2. The van der Waals surface area contributed by atoms with Crippen LogP contribution in [0.25, 0.3) is 0 Å². The van der Waals surface area contributed by atoms with E-state index in [1.165, 1.54) is 25.7 Å². The first-order valence-corrected chi connectivity index (χ1v) is 7.51. The molecule has 3 heteroatoms. The van der Waals surface area contributed by atoms with E-state index >= 15 is 0 Å². The first-order chi connectivity index (χ1) is 9.33. The molecule has 1 aliphatic heterocycles. The van der Waals surface area contributed by atoms with Crippen molar-refractivity contribution in [1.82, 2.24) is 5.32 Å². The maximum atomic E-state index is 10.3. The van der Waals surface area contributed by atoms with Crippen molar-refractivity contribution in [3.63, 3.8) is 0 Å². The van der Waals surface area contributed by atoms with Crippen molar-refractivity contribution >= 4 is 0 Å². The van der Waals surface area contributed by atoms with Crippen LogP contribution in [0.15, 0.2) is 24.3 Å². The van der Waals surface area contributed by atoms with Gasteiger partial charge in [-0.1, -0.05) is 12.1 Å². The maximum absolute atomic E-state index is 10.3. The lowest BCUT2D eigenvalue weighted by atomic mass is 10.0. The molecular weight excluding hydrogens is 238 g/mol. The normalized spacial score (nSPS) is 25.6. The summed E-state index contributed by atoms with van der Waals surface area (Å²) in [4.78, 5) is 0. The Labute approximate surface area is 115 Å². The summed E-state index contributed by atoms with van der Waals surface area (Å²) in [5.41, 5.74) is 0.984. The third kappa shape index (κ3) is 3.10. The molecule has 0 bridgehead atoms. The standard InChI is InChI=1S/C16H23NO2/c18-16(15-6-3-11-17-15)12-7-9-14(10-8-12)19-13-4-1-2-5-13/h7-10,13,15-18H,1-6,11H2. The van der Waals surface area contributed by atoms with Crippen LogP contribution in [0, 0.1) is 0 Å². The number of aliphatic hydroxyl groups is 1. The second kappa shape index (κ2) is 5.93. The molecule has 0 spiro atoms. The van der Waals surface area contributed by atoms with Gasteiger partial charge < -0.3 is 15.2 Å². The van der Waals surface area contributed by atoms with E-state index in [4.69, 9.17) is 4.74 Å². The number of hydrogen-bond acceptors (Lipinski definition) is 3. The number of rotatable bonds is 4. The highest BCUT2D eigenvalue weighted by atomic mass is 16.5. The number of benzene rings is 1. The van der Waals surface area contributed by atoms with Crippen LogP contribution in [-0.2, 0) is 0 Å². The van der Waals surface area contributed by atoms with Gasteiger partial charge in [0.05, 0.1) is 12.2 Å². The van der Waals surface area contributed by atoms with Gasteiger partial charge in [-0.2, -0.15) is 0 Å². The van der Waals surface area contributed by atoms with Crippen molar-refractivity contribution in [2.45, 2.75) is 56.8 Å². The molecule has 2 N–H and O–H groups in total. The summed E-state index contributed by atoms with van der Waals surface area (Å²) >= 11 is 0. The summed E-state index contributed by atoms with van der Waals surface area (Å²) < 4.78 is 5.94. The van der Waals surface area contributed by atoms with E-state index in [1.807, 2.05) is 24.3 Å². The molecule has 1 aliphatic carbocycles. The fourth-order valence-electron chi connectivity index (χ4n) is 3.16. The van der Waals surface area contributed by atoms with E-state index in [2.05, 4.69) is 5.32 Å². The first-order valence-electron chi connectivity index (χ1n) is 7.51. The molecule has 1 saturated heterocycles. The van der Waals surface area contributed by atoms with Crippen molar-refractivity contribution in [3.05, 3.63) is 29.8 Å². The highest BCUT2D eigenvalue weighted by molar-refractivity contribution is 5.29. The molecule has 2 atom stereocenters. The second-order valence-corrected chi connectivity index (χ2v) is 5.74. The topological polar surface area (TPSA) is 41.5 Å². The smallest absolute Gasteiger partial charge is 0.119 e. The van der Waals surface area contributed by atoms with Crippen LogP contribution in [-0.4, -0.2) is 23.8 Å². The first kappa shape index (κ1) is 12.9. The summed E-state index contributed by atoms with van der Waals surface area (Å²) in [5.74, 6) is 0.933. The Morgan fingerprint density at radius 2 is 1.79 bits per heavy atom. The van der Waals surface area contributed by atoms with E-state index in [9.17, 15) is 5.11 Å². The zero-order valence-electron chi connectivity index (χ0n) is 11.3. The summed E-state index contributed by atoms with van der Waals surface area (Å²) in [5, 5.41) is 13.6. The molecule has 3 rings (SSSR count). The Morgan fingerprint density at radius 3 is 2.42 bits per heavy atom. The van der Waals surface area contributed by atoms with Gasteiger partial charge in [-0.15, -0.1) is 0 Å². The van der Waals surface area contributed by atoms with Crippen molar-refractivity contribution in [2.75, 3.05) is 6.54 Å². The molecule has 0 aromatic heterocycles. The van der Waals surface area contributed by atoms with E-state index in [1.54, 1.807) is 0 Å². The Morgan fingerprint density at radius 1 is 1.05 bits per heavy atom. The van der Waals surface area contributed by atoms with E-state index in [0.717, 1.165) is 30.7 Å². The van der Waals surface area contributed by atoms with Gasteiger partial charge in [0.2, 0.25) is 0 Å². The molecule has 1 aromatic carbocycles. The summed E-state index contributed by atoms with van der Waals surface area (Å²) in [6.07, 6.45) is 7.14. The van der Waals surface area contributed by atoms with Gasteiger partial charge in [0.25, 0.3) is 0 Å². The lowest BCUT2D eigenvalue weighted by Gasteiger charge is -2.19. The molecule has 1 aromatic rings. The Balaban J connectivity index is 1.61. The third-order valence-electron chi connectivity index (χ3n) is 4.31. The van der Waals surface area contributed by atoms with Gasteiger partial charge in [-0.25, -0.2) is 0 Å². The van der Waals surface area contributed by atoms with E-state index in [-0.39, 0.29) is 6.04 Å². The average molecular weight is 261 g/mol. The highest BCUT2D eigenvalue weighted by Crippen LogP contribution is 2.27. The van der Waals surface area contributed by atoms with Crippen molar-refractivity contribution in [2.24, 2.45) is 0 Å². The van der Waals surface area contributed by atoms with Crippen LogP contribution in [0.5, 0.6) is 5.75 Å². The number of ether oxygens (including phenoxy) is 1. The summed E-state index contributed by atoms with van der Waals surface area (Å²) in [6, 6.07) is 8.18. The maximum Gasteiger partial charge on any atom is 0.119 e. The molecular formula is C16H23NO2. The third-order valence-corrected chi connectivity index (χ3v) is 4.31. The molecule has 2 unspecified atom stereocenters. The molecule has 0 radical (unpaired) electrons. The molecule has 104 valence electrons. The molecule has 3 nitrogen and oxygen atoms in total. The predicted octanol–water partition coefficient (Wildman–Crippen LogP) is 2.79. The predicted molar refractivity (Wildman–Crippen MR) is 75.3 cm³/mol. The molecule has 19 heavy (non-hydrogen) atoms. The van der Waals surface area contributed by atoms with E-state index < -0.39 is 6.10 Å². The zero-order chi connectivity index (χ0) is 13.1. The Hall–Kier alpha value is -1.06. The number of aliphatic hydroxyl groups excluding tert-OH is 1. The molecule has 2 aliphatic rings. The van der Waals surface area contributed by atoms with Gasteiger partial charge in [0, 0.05) is 6.04 Å². The minimum atomic E-state index is -0.400. The van der Waals surface area contributed by atoms with Gasteiger partial charge >= 0.3 is 0 Å². The zero-order valence-corrected chi connectivity index (χ0v) is 11.3. The van der Waals surface area contributed by atoms with Crippen LogP contribution in [0.4, 0.5) is 0 Å². The van der Waals surface area contributed by atoms with Gasteiger partial charge in [0.15, 0.2) is 0 Å². The van der Waals surface area contributed by atoms with Crippen molar-refractivity contribution in [3.8, 4) is 5.75 Å². The lowest BCUT2D eigenvalue weighted by Crippen LogP contribution is -2.28. The minimum absolute atomic E-state index is 0.210. The van der Waals surface area contributed by atoms with Crippen LogP contribution in [0.3, 0.4) is 0 Å². The van der Waals surface area contributed by atoms with Gasteiger partial charge in [-0.05, 0) is 62.8 Å². The number of nitrogens with one attached hydrogen (secondary N) is 1. The fourth-order valence-corrected chi connectivity index (χ4v) is 3.16. The molecule has 1 heterocycles. The fraction of sp³-hybridized carbons (Fsp3) is 0.625. The molecule has 0 amide bonds. The van der Waals surface area contributed by atoms with E-state index in [0.29, 0.717) is 6.10 Å². The monoisotopic (exact) mass is 261 g/mol. The molecule has 2 fully saturated rings. The Bertz CT molecular complexity index is 392. The van der Waals surface area contributed by atoms with Crippen LogP contribution in [0.1, 0.15) is 50.2 Å². The van der Waals surface area contributed by atoms with Gasteiger partial charge in [0.1, 0.15) is 5.75 Å². The van der Waals surface area contributed by atoms with Crippen LogP contribution >= 0.6 is 0 Å². The van der Waals surface area contributed by atoms with Crippen molar-refractivity contribution in [1.29, 1.82) is 0 Å². The summed E-state index contributed by atoms with van der Waals surface area (Å²) in [7, 11) is 0. The van der Waals surface area contributed by atoms with Crippen LogP contribution in [0.2, 0.25) is 0 Å². The minimum Gasteiger partial charge on any atom is -0.490 e.